The molecule has 37 heavy (non-hydrogen) atoms. The molecule has 3 N–H and O–H groups in total. The number of carbonyl (C=O) groups is 1. The molecule has 0 spiro atoms. The van der Waals surface area contributed by atoms with Crippen molar-refractivity contribution in [2.75, 3.05) is 18.4 Å². The standard InChI is InChI=1S/C27H41ClFN5O.2BrH/c1-7-8-23(32-20-10-9-18-11-19(29)12-22(28)21(18)13-20)25(35)33-24-14-34(17-31-24)27(5,6)16-30-15-26(2,3)4;;/h11-12,14,17,20,23,30,32H,7-10,13,15-16H2,1-6H3,(H,33,35);2*1H. The second-order valence-corrected chi connectivity index (χ2v) is 12.0. The van der Waals surface area contributed by atoms with Crippen molar-refractivity contribution in [3.63, 3.8) is 0 Å². The van der Waals surface area contributed by atoms with E-state index in [1.54, 1.807) is 12.4 Å². The molecule has 2 atom stereocenters. The van der Waals surface area contributed by atoms with E-state index in [9.17, 15) is 9.18 Å². The zero-order valence-electron chi connectivity index (χ0n) is 22.8. The lowest BCUT2D eigenvalue weighted by Crippen LogP contribution is -2.47. The number of amides is 1. The number of halogens is 4. The summed E-state index contributed by atoms with van der Waals surface area (Å²) in [6.07, 6.45) is 7.53. The highest BCUT2D eigenvalue weighted by atomic mass is 79.9. The summed E-state index contributed by atoms with van der Waals surface area (Å²) in [6, 6.07) is 2.72. The number of hydrogen-bond donors (Lipinski definition) is 3. The first-order valence-corrected chi connectivity index (χ1v) is 13.0. The van der Waals surface area contributed by atoms with E-state index < -0.39 is 0 Å². The Morgan fingerprint density at radius 3 is 2.57 bits per heavy atom. The molecular weight excluding hydrogens is 625 g/mol. The fourth-order valence-corrected chi connectivity index (χ4v) is 4.86. The summed E-state index contributed by atoms with van der Waals surface area (Å²) < 4.78 is 15.7. The van der Waals surface area contributed by atoms with Crippen LogP contribution in [0, 0.1) is 11.2 Å². The molecule has 6 nitrogen and oxygen atoms in total. The van der Waals surface area contributed by atoms with Crippen LogP contribution in [0.5, 0.6) is 0 Å². The van der Waals surface area contributed by atoms with Crippen LogP contribution >= 0.6 is 45.6 Å². The van der Waals surface area contributed by atoms with Gasteiger partial charge in [-0.3, -0.25) is 4.79 Å². The van der Waals surface area contributed by atoms with Crippen molar-refractivity contribution in [2.45, 2.75) is 91.3 Å². The number of benzene rings is 1. The number of fused-ring (bicyclic) bond motifs is 1. The van der Waals surface area contributed by atoms with Crippen molar-refractivity contribution < 1.29 is 9.18 Å². The molecule has 0 saturated heterocycles. The third kappa shape index (κ3) is 9.92. The highest BCUT2D eigenvalue weighted by Gasteiger charge is 2.27. The molecule has 1 amide bonds. The molecule has 0 aliphatic heterocycles. The van der Waals surface area contributed by atoms with Crippen molar-refractivity contribution in [3.05, 3.63) is 46.6 Å². The van der Waals surface area contributed by atoms with Crippen LogP contribution in [0.1, 0.15) is 71.9 Å². The van der Waals surface area contributed by atoms with Gasteiger partial charge >= 0.3 is 0 Å². The minimum absolute atomic E-state index is 0. The van der Waals surface area contributed by atoms with Gasteiger partial charge in [0.15, 0.2) is 5.82 Å². The SMILES string of the molecule is Br.Br.CCCC(NC1CCc2cc(F)cc(Cl)c2C1)C(=O)Nc1cn(C(C)(C)CNCC(C)(C)C)cn1. The molecule has 2 unspecified atom stereocenters. The Morgan fingerprint density at radius 1 is 1.22 bits per heavy atom. The highest BCUT2D eigenvalue weighted by molar-refractivity contribution is 8.93. The van der Waals surface area contributed by atoms with E-state index in [-0.39, 0.29) is 68.7 Å². The molecule has 0 fully saturated rings. The predicted octanol–water partition coefficient (Wildman–Crippen LogP) is 6.46. The number of nitrogens with one attached hydrogen (secondary N) is 3. The van der Waals surface area contributed by atoms with Crippen LogP contribution in [0.15, 0.2) is 24.7 Å². The Hall–Kier alpha value is -1.00. The third-order valence-electron chi connectivity index (χ3n) is 6.54. The number of anilines is 1. The monoisotopic (exact) mass is 665 g/mol. The predicted molar refractivity (Wildman–Crippen MR) is 162 cm³/mol. The van der Waals surface area contributed by atoms with E-state index in [1.165, 1.54) is 6.07 Å². The van der Waals surface area contributed by atoms with Gasteiger partial charge in [0.1, 0.15) is 5.82 Å². The quantitative estimate of drug-likeness (QED) is 0.272. The Labute approximate surface area is 247 Å². The number of aromatic nitrogens is 2. The van der Waals surface area contributed by atoms with Gasteiger partial charge in [0, 0.05) is 30.4 Å². The van der Waals surface area contributed by atoms with Crippen molar-refractivity contribution in [1.29, 1.82) is 0 Å². The zero-order chi connectivity index (χ0) is 25.8. The molecule has 1 aliphatic rings. The van der Waals surface area contributed by atoms with E-state index in [4.69, 9.17) is 11.6 Å². The topological polar surface area (TPSA) is 71.0 Å². The summed E-state index contributed by atoms with van der Waals surface area (Å²) in [5.74, 6) is 0.169. The average Bonchev–Trinajstić information content (AvgIpc) is 3.22. The lowest BCUT2D eigenvalue weighted by molar-refractivity contribution is -0.118. The number of nitrogens with zero attached hydrogens (tertiary/aromatic N) is 2. The minimum Gasteiger partial charge on any atom is -0.328 e. The maximum atomic E-state index is 13.7. The van der Waals surface area contributed by atoms with Crippen molar-refractivity contribution >= 4 is 57.3 Å². The third-order valence-corrected chi connectivity index (χ3v) is 6.88. The summed E-state index contributed by atoms with van der Waals surface area (Å²) in [6.45, 7) is 14.7. The van der Waals surface area contributed by atoms with Gasteiger partial charge in [-0.2, -0.15) is 0 Å². The van der Waals surface area contributed by atoms with E-state index in [0.717, 1.165) is 49.9 Å². The van der Waals surface area contributed by atoms with Gasteiger partial charge in [-0.1, -0.05) is 45.7 Å². The fraction of sp³-hybridized carbons (Fsp3) is 0.630. The van der Waals surface area contributed by atoms with E-state index in [2.05, 4.69) is 62.5 Å². The second kappa shape index (κ2) is 14.4. The summed E-state index contributed by atoms with van der Waals surface area (Å²) >= 11 is 6.31. The minimum atomic E-state index is -0.336. The van der Waals surface area contributed by atoms with Gasteiger partial charge in [-0.15, -0.1) is 34.0 Å². The summed E-state index contributed by atoms with van der Waals surface area (Å²) in [5, 5.41) is 10.5. The number of imidazole rings is 1. The van der Waals surface area contributed by atoms with Crippen LogP contribution in [0.2, 0.25) is 5.02 Å². The number of rotatable bonds is 10. The average molecular weight is 668 g/mol. The van der Waals surface area contributed by atoms with Crippen LogP contribution in [0.25, 0.3) is 0 Å². The van der Waals surface area contributed by atoms with Gasteiger partial charge in [-0.25, -0.2) is 9.37 Å². The summed E-state index contributed by atoms with van der Waals surface area (Å²) in [5.41, 5.74) is 1.98. The number of hydrogen-bond acceptors (Lipinski definition) is 4. The molecule has 10 heteroatoms. The maximum absolute atomic E-state index is 13.7. The maximum Gasteiger partial charge on any atom is 0.242 e. The normalized spacial score (nSPS) is 16.3. The molecule has 0 bridgehead atoms. The van der Waals surface area contributed by atoms with E-state index in [0.29, 0.717) is 17.3 Å². The largest absolute Gasteiger partial charge is 0.328 e. The van der Waals surface area contributed by atoms with Gasteiger partial charge in [-0.05, 0) is 68.2 Å². The Kier molecular flexibility index (Phi) is 13.2. The van der Waals surface area contributed by atoms with Gasteiger partial charge in [0.05, 0.1) is 17.9 Å². The zero-order valence-corrected chi connectivity index (χ0v) is 27.0. The molecule has 1 aromatic carbocycles. The summed E-state index contributed by atoms with van der Waals surface area (Å²) in [7, 11) is 0. The van der Waals surface area contributed by atoms with E-state index in [1.807, 2.05) is 10.8 Å². The van der Waals surface area contributed by atoms with E-state index >= 15 is 0 Å². The van der Waals surface area contributed by atoms with Crippen molar-refractivity contribution in [3.8, 4) is 0 Å². The molecule has 1 aliphatic carbocycles. The molecular formula is C27H43Br2ClFN5O. The first-order valence-electron chi connectivity index (χ1n) is 12.7. The molecule has 0 radical (unpaired) electrons. The molecule has 2 aromatic rings. The van der Waals surface area contributed by atoms with Crippen LogP contribution in [-0.2, 0) is 23.2 Å². The lowest BCUT2D eigenvalue weighted by Gasteiger charge is -2.30. The Balaban J connectivity index is 0.00000342. The second-order valence-electron chi connectivity index (χ2n) is 11.6. The Bertz CT molecular complexity index is 1020. The first kappa shape index (κ1) is 34.0. The van der Waals surface area contributed by atoms with Crippen LogP contribution in [0.4, 0.5) is 10.2 Å². The smallest absolute Gasteiger partial charge is 0.242 e. The summed E-state index contributed by atoms with van der Waals surface area (Å²) in [4.78, 5) is 17.6. The first-order chi connectivity index (χ1) is 16.4. The number of carbonyl (C=O) groups excluding carboxylic acids is 1. The van der Waals surface area contributed by atoms with Gasteiger partial charge < -0.3 is 20.5 Å². The lowest BCUT2D eigenvalue weighted by atomic mass is 9.87. The molecule has 3 rings (SSSR count). The highest BCUT2D eigenvalue weighted by Crippen LogP contribution is 2.29. The van der Waals surface area contributed by atoms with Crippen molar-refractivity contribution in [1.82, 2.24) is 20.2 Å². The molecule has 0 saturated carbocycles. The molecule has 1 heterocycles. The van der Waals surface area contributed by atoms with Crippen LogP contribution < -0.4 is 16.0 Å². The van der Waals surface area contributed by atoms with Crippen LogP contribution in [0.3, 0.4) is 0 Å². The number of aryl methyl sites for hydroxylation is 1. The molecule has 1 aromatic heterocycles. The van der Waals surface area contributed by atoms with Gasteiger partial charge in [0.2, 0.25) is 5.91 Å². The van der Waals surface area contributed by atoms with Gasteiger partial charge in [0.25, 0.3) is 0 Å². The van der Waals surface area contributed by atoms with Crippen molar-refractivity contribution in [2.24, 2.45) is 5.41 Å². The fourth-order valence-electron chi connectivity index (χ4n) is 4.56. The Morgan fingerprint density at radius 2 is 1.92 bits per heavy atom. The van der Waals surface area contributed by atoms with Crippen LogP contribution in [-0.4, -0.2) is 40.6 Å². The molecule has 210 valence electrons.